The first-order valence-electron chi connectivity index (χ1n) is 7.19. The van der Waals surface area contributed by atoms with Crippen molar-refractivity contribution in [2.75, 3.05) is 0 Å². The Bertz CT molecular complexity index is 660. The largest absolute Gasteiger partial charge is 0.350 e. The van der Waals surface area contributed by atoms with Crippen LogP contribution < -0.4 is 5.32 Å². The molecular weight excluding hydrogens is 285 g/mol. The molecule has 4 heteroatoms. The Kier molecular flexibility index (Phi) is 3.81. The maximum atomic E-state index is 13.5. The Morgan fingerprint density at radius 3 is 2.76 bits per heavy atom. The summed E-state index contributed by atoms with van der Waals surface area (Å²) in [5, 5.41) is 5.07. The molecule has 0 aliphatic heterocycles. The second-order valence-electron chi connectivity index (χ2n) is 5.66. The van der Waals surface area contributed by atoms with Crippen LogP contribution in [0, 0.1) is 12.7 Å². The number of hydrogen-bond acceptors (Lipinski definition) is 2. The van der Waals surface area contributed by atoms with Crippen molar-refractivity contribution in [1.82, 2.24) is 5.32 Å². The van der Waals surface area contributed by atoms with Crippen LogP contribution in [-0.2, 0) is 16.8 Å². The van der Waals surface area contributed by atoms with Gasteiger partial charge >= 0.3 is 0 Å². The lowest BCUT2D eigenvalue weighted by atomic mass is 9.64. The summed E-state index contributed by atoms with van der Waals surface area (Å²) in [6.07, 6.45) is 2.61. The quantitative estimate of drug-likeness (QED) is 0.911. The van der Waals surface area contributed by atoms with E-state index in [9.17, 15) is 9.18 Å². The van der Waals surface area contributed by atoms with Crippen molar-refractivity contribution in [2.45, 2.75) is 38.1 Å². The van der Waals surface area contributed by atoms with Crippen LogP contribution in [0.2, 0.25) is 0 Å². The van der Waals surface area contributed by atoms with E-state index in [2.05, 4.69) is 11.4 Å². The van der Waals surface area contributed by atoms with E-state index in [4.69, 9.17) is 0 Å². The number of benzene rings is 1. The average Bonchev–Trinajstić information content (AvgIpc) is 2.81. The molecule has 1 saturated carbocycles. The third-order valence-corrected chi connectivity index (χ3v) is 5.42. The van der Waals surface area contributed by atoms with Gasteiger partial charge in [0, 0.05) is 4.88 Å². The van der Waals surface area contributed by atoms with Gasteiger partial charge in [0.2, 0.25) is 5.91 Å². The molecule has 0 atom stereocenters. The molecule has 0 spiro atoms. The summed E-state index contributed by atoms with van der Waals surface area (Å²) in [7, 11) is 0. The summed E-state index contributed by atoms with van der Waals surface area (Å²) >= 11 is 1.65. The van der Waals surface area contributed by atoms with E-state index in [1.165, 1.54) is 22.6 Å². The van der Waals surface area contributed by atoms with Crippen molar-refractivity contribution in [2.24, 2.45) is 0 Å². The van der Waals surface area contributed by atoms with Crippen LogP contribution in [0.15, 0.2) is 35.7 Å². The molecule has 0 unspecified atom stereocenters. The van der Waals surface area contributed by atoms with Crippen molar-refractivity contribution < 1.29 is 9.18 Å². The van der Waals surface area contributed by atoms with Crippen LogP contribution in [-0.4, -0.2) is 5.91 Å². The Hall–Kier alpha value is -1.68. The lowest BCUT2D eigenvalue weighted by Crippen LogP contribution is -2.49. The molecule has 1 heterocycles. The first-order chi connectivity index (χ1) is 10.1. The van der Waals surface area contributed by atoms with E-state index in [1.54, 1.807) is 17.4 Å². The minimum atomic E-state index is -0.534. The van der Waals surface area contributed by atoms with Crippen LogP contribution in [0.25, 0.3) is 0 Å². The van der Waals surface area contributed by atoms with Gasteiger partial charge in [-0.05, 0) is 54.5 Å². The molecule has 1 aromatic carbocycles. The second-order valence-corrected chi connectivity index (χ2v) is 6.66. The highest BCUT2D eigenvalue weighted by molar-refractivity contribution is 7.10. The standard InChI is InChI=1S/C17H18FNOS/c1-12-6-9-21-15(12)11-19-16(20)17(7-3-8-17)13-4-2-5-14(18)10-13/h2,4-6,9-10H,3,7-8,11H2,1H3,(H,19,20). The van der Waals surface area contributed by atoms with Crippen LogP contribution in [0.1, 0.15) is 35.3 Å². The maximum Gasteiger partial charge on any atom is 0.230 e. The minimum absolute atomic E-state index is 0.0205. The van der Waals surface area contributed by atoms with Crippen LogP contribution >= 0.6 is 11.3 Å². The zero-order valence-corrected chi connectivity index (χ0v) is 12.8. The fourth-order valence-electron chi connectivity index (χ4n) is 2.88. The number of carbonyl (C=O) groups excluding carboxylic acids is 1. The van der Waals surface area contributed by atoms with Gasteiger partial charge in [0.25, 0.3) is 0 Å². The first kappa shape index (κ1) is 14.3. The van der Waals surface area contributed by atoms with E-state index in [-0.39, 0.29) is 11.7 Å². The van der Waals surface area contributed by atoms with Crippen molar-refractivity contribution in [1.29, 1.82) is 0 Å². The van der Waals surface area contributed by atoms with Crippen molar-refractivity contribution in [3.63, 3.8) is 0 Å². The van der Waals surface area contributed by atoms with Crippen molar-refractivity contribution >= 4 is 17.2 Å². The number of halogens is 1. The molecule has 0 bridgehead atoms. The Balaban J connectivity index is 1.76. The lowest BCUT2D eigenvalue weighted by molar-refractivity contribution is -0.130. The van der Waals surface area contributed by atoms with Gasteiger partial charge in [-0.2, -0.15) is 0 Å². The highest BCUT2D eigenvalue weighted by atomic mass is 32.1. The van der Waals surface area contributed by atoms with Gasteiger partial charge < -0.3 is 5.32 Å². The van der Waals surface area contributed by atoms with Crippen LogP contribution in [0.3, 0.4) is 0 Å². The molecule has 21 heavy (non-hydrogen) atoms. The number of rotatable bonds is 4. The van der Waals surface area contributed by atoms with E-state index in [0.29, 0.717) is 6.54 Å². The molecule has 0 saturated heterocycles. The molecule has 1 N–H and O–H groups in total. The minimum Gasteiger partial charge on any atom is -0.350 e. The summed E-state index contributed by atoms with van der Waals surface area (Å²) in [5.41, 5.74) is 1.47. The van der Waals surface area contributed by atoms with Gasteiger partial charge in [-0.1, -0.05) is 18.6 Å². The monoisotopic (exact) mass is 303 g/mol. The predicted molar refractivity (Wildman–Crippen MR) is 82.8 cm³/mol. The smallest absolute Gasteiger partial charge is 0.230 e. The molecule has 1 aliphatic carbocycles. The van der Waals surface area contributed by atoms with Crippen molar-refractivity contribution in [3.05, 3.63) is 57.5 Å². The van der Waals surface area contributed by atoms with Crippen LogP contribution in [0.4, 0.5) is 4.39 Å². The fraction of sp³-hybridized carbons (Fsp3) is 0.353. The summed E-state index contributed by atoms with van der Waals surface area (Å²) in [4.78, 5) is 13.8. The second kappa shape index (κ2) is 5.60. The van der Waals surface area contributed by atoms with Gasteiger partial charge in [-0.25, -0.2) is 4.39 Å². The normalized spacial score (nSPS) is 16.3. The molecule has 110 valence electrons. The first-order valence-corrected chi connectivity index (χ1v) is 8.07. The third kappa shape index (κ3) is 2.60. The molecule has 1 aromatic heterocycles. The molecule has 3 rings (SSSR count). The summed E-state index contributed by atoms with van der Waals surface area (Å²) in [5.74, 6) is -0.257. The zero-order chi connectivity index (χ0) is 14.9. The Morgan fingerprint density at radius 2 is 2.19 bits per heavy atom. The van der Waals surface area contributed by atoms with E-state index < -0.39 is 5.41 Å². The predicted octanol–water partition coefficient (Wildman–Crippen LogP) is 3.93. The van der Waals surface area contributed by atoms with E-state index >= 15 is 0 Å². The van der Waals surface area contributed by atoms with Gasteiger partial charge in [0.1, 0.15) is 5.82 Å². The molecule has 1 aliphatic rings. The zero-order valence-electron chi connectivity index (χ0n) is 12.0. The number of carbonyl (C=O) groups is 1. The number of nitrogens with one attached hydrogen (secondary N) is 1. The van der Waals surface area contributed by atoms with Gasteiger partial charge in [-0.3, -0.25) is 4.79 Å². The van der Waals surface area contributed by atoms with Crippen LogP contribution in [0.5, 0.6) is 0 Å². The topological polar surface area (TPSA) is 29.1 Å². The van der Waals surface area contributed by atoms with E-state index in [0.717, 1.165) is 24.8 Å². The SMILES string of the molecule is Cc1ccsc1CNC(=O)C1(c2cccc(F)c2)CCC1. The van der Waals surface area contributed by atoms with Gasteiger partial charge in [0.15, 0.2) is 0 Å². The van der Waals surface area contributed by atoms with E-state index in [1.807, 2.05) is 18.4 Å². The Labute approximate surface area is 128 Å². The highest BCUT2D eigenvalue weighted by Gasteiger charge is 2.45. The van der Waals surface area contributed by atoms with Gasteiger partial charge in [-0.15, -0.1) is 11.3 Å². The maximum absolute atomic E-state index is 13.5. The third-order valence-electron chi connectivity index (χ3n) is 4.40. The fourth-order valence-corrected chi connectivity index (χ4v) is 3.72. The molecule has 2 nitrogen and oxygen atoms in total. The highest BCUT2D eigenvalue weighted by Crippen LogP contribution is 2.44. The van der Waals surface area contributed by atoms with Gasteiger partial charge in [0.05, 0.1) is 12.0 Å². The number of aryl methyl sites for hydroxylation is 1. The number of hydrogen-bond donors (Lipinski definition) is 1. The summed E-state index contributed by atoms with van der Waals surface area (Å²) in [6, 6.07) is 8.51. The summed E-state index contributed by atoms with van der Waals surface area (Å²) in [6.45, 7) is 2.60. The molecule has 2 aromatic rings. The molecule has 1 amide bonds. The molecule has 0 radical (unpaired) electrons. The average molecular weight is 303 g/mol. The molecular formula is C17H18FNOS. The lowest BCUT2D eigenvalue weighted by Gasteiger charge is -2.40. The summed E-state index contributed by atoms with van der Waals surface area (Å²) < 4.78 is 13.5. The number of thiophene rings is 1. The number of amides is 1. The van der Waals surface area contributed by atoms with Crippen molar-refractivity contribution in [3.8, 4) is 0 Å². The Morgan fingerprint density at radius 1 is 1.38 bits per heavy atom. The molecule has 1 fully saturated rings.